The second-order valence-corrected chi connectivity index (χ2v) is 5.84. The number of rotatable bonds is 4. The highest BCUT2D eigenvalue weighted by molar-refractivity contribution is 6.15. The Hall–Kier alpha value is -2.61. The fourth-order valence-electron chi connectivity index (χ4n) is 3.44. The van der Waals surface area contributed by atoms with Gasteiger partial charge in [0.25, 0.3) is 0 Å². The van der Waals surface area contributed by atoms with E-state index >= 15 is 0 Å². The van der Waals surface area contributed by atoms with Crippen LogP contribution in [0.4, 0.5) is 0 Å². The van der Waals surface area contributed by atoms with Gasteiger partial charge >= 0.3 is 5.97 Å². The van der Waals surface area contributed by atoms with Gasteiger partial charge in [0.15, 0.2) is 0 Å². The van der Waals surface area contributed by atoms with E-state index in [1.807, 2.05) is 0 Å². The van der Waals surface area contributed by atoms with Crippen molar-refractivity contribution < 1.29 is 9.90 Å². The zero-order valence-electron chi connectivity index (χ0n) is 12.2. The molecule has 1 aliphatic rings. The van der Waals surface area contributed by atoms with Gasteiger partial charge in [-0.15, -0.1) is 0 Å². The van der Waals surface area contributed by atoms with Gasteiger partial charge in [0.05, 0.1) is 0 Å². The van der Waals surface area contributed by atoms with Crippen LogP contribution in [-0.4, -0.2) is 11.1 Å². The molecule has 0 aliphatic heterocycles. The summed E-state index contributed by atoms with van der Waals surface area (Å²) in [4.78, 5) is 10.7. The molecule has 0 aromatic heterocycles. The van der Waals surface area contributed by atoms with Gasteiger partial charge in [0.2, 0.25) is 0 Å². The highest BCUT2D eigenvalue weighted by Gasteiger charge is 2.20. The van der Waals surface area contributed by atoms with Gasteiger partial charge in [-0.1, -0.05) is 54.6 Å². The summed E-state index contributed by atoms with van der Waals surface area (Å²) in [7, 11) is 0. The average Bonchev–Trinajstić information content (AvgIpc) is 2.84. The van der Waals surface area contributed by atoms with E-state index < -0.39 is 5.97 Å². The van der Waals surface area contributed by atoms with E-state index in [-0.39, 0.29) is 6.42 Å². The van der Waals surface area contributed by atoms with Gasteiger partial charge in [-0.3, -0.25) is 4.79 Å². The first-order chi connectivity index (χ1) is 10.7. The van der Waals surface area contributed by atoms with Crippen molar-refractivity contribution in [2.75, 3.05) is 0 Å². The van der Waals surface area contributed by atoms with E-state index in [0.717, 1.165) is 6.42 Å². The lowest BCUT2D eigenvalue weighted by molar-refractivity contribution is -0.137. The molecule has 0 atom stereocenters. The Morgan fingerprint density at radius 2 is 1.59 bits per heavy atom. The number of carboxylic acid groups (broad SMARTS) is 1. The third-order valence-corrected chi connectivity index (χ3v) is 4.43. The van der Waals surface area contributed by atoms with Gasteiger partial charge < -0.3 is 5.11 Å². The number of aliphatic carboxylic acids is 1. The summed E-state index contributed by atoms with van der Waals surface area (Å²) < 4.78 is 0. The van der Waals surface area contributed by atoms with E-state index in [4.69, 9.17) is 5.11 Å². The van der Waals surface area contributed by atoms with E-state index in [1.54, 1.807) is 0 Å². The first-order valence-corrected chi connectivity index (χ1v) is 7.61. The second kappa shape index (κ2) is 4.99. The van der Waals surface area contributed by atoms with Crippen LogP contribution in [0.3, 0.4) is 0 Å². The fraction of sp³-hybridized carbons (Fsp3) is 0.150. The maximum atomic E-state index is 10.7. The molecule has 4 rings (SSSR count). The molecule has 2 nitrogen and oxygen atoms in total. The maximum Gasteiger partial charge on any atom is 0.303 e. The first-order valence-electron chi connectivity index (χ1n) is 7.61. The topological polar surface area (TPSA) is 37.3 Å². The number of carbonyl (C=O) groups is 1. The van der Waals surface area contributed by atoms with Gasteiger partial charge in [-0.25, -0.2) is 0 Å². The van der Waals surface area contributed by atoms with Crippen molar-refractivity contribution in [3.63, 3.8) is 0 Å². The number of hydrogen-bond acceptors (Lipinski definition) is 1. The number of fused-ring (bicyclic) bond motifs is 3. The van der Waals surface area contributed by atoms with Crippen molar-refractivity contribution in [1.29, 1.82) is 0 Å². The maximum absolute atomic E-state index is 10.7. The molecule has 2 heteroatoms. The van der Waals surface area contributed by atoms with Crippen LogP contribution >= 0.6 is 0 Å². The molecular formula is C20H16O2. The monoisotopic (exact) mass is 288 g/mol. The van der Waals surface area contributed by atoms with Crippen LogP contribution in [0, 0.1) is 0 Å². The zero-order valence-corrected chi connectivity index (χ0v) is 12.2. The van der Waals surface area contributed by atoms with Crippen LogP contribution in [0.5, 0.6) is 0 Å². The predicted molar refractivity (Wildman–Crippen MR) is 89.0 cm³/mol. The lowest BCUT2D eigenvalue weighted by atomic mass is 9.99. The summed E-state index contributed by atoms with van der Waals surface area (Å²) >= 11 is 0. The van der Waals surface area contributed by atoms with Crippen LogP contribution < -0.4 is 0 Å². The minimum Gasteiger partial charge on any atom is -0.481 e. The van der Waals surface area contributed by atoms with Crippen molar-refractivity contribution in [2.24, 2.45) is 0 Å². The lowest BCUT2D eigenvalue weighted by Gasteiger charge is -2.06. The SMILES string of the molecule is O=C(O)CCCc1ccc2c(c1)-c1cccc3cccc-2c13. The van der Waals surface area contributed by atoms with Crippen molar-refractivity contribution in [3.8, 4) is 22.3 Å². The summed E-state index contributed by atoms with van der Waals surface area (Å²) in [5, 5.41) is 11.4. The lowest BCUT2D eigenvalue weighted by Crippen LogP contribution is -1.96. The van der Waals surface area contributed by atoms with E-state index in [0.29, 0.717) is 6.42 Å². The first kappa shape index (κ1) is 13.1. The summed E-state index contributed by atoms with van der Waals surface area (Å²) in [6.45, 7) is 0. The van der Waals surface area contributed by atoms with Crippen molar-refractivity contribution in [2.45, 2.75) is 19.3 Å². The molecule has 3 aromatic carbocycles. The number of hydrogen-bond donors (Lipinski definition) is 1. The minimum atomic E-state index is -0.724. The van der Waals surface area contributed by atoms with Crippen molar-refractivity contribution in [3.05, 3.63) is 60.2 Å². The van der Waals surface area contributed by atoms with Crippen LogP contribution in [0.2, 0.25) is 0 Å². The predicted octanol–water partition coefficient (Wildman–Crippen LogP) is 4.89. The molecule has 1 N–H and O–H groups in total. The van der Waals surface area contributed by atoms with Gasteiger partial charge in [-0.05, 0) is 51.4 Å². The minimum absolute atomic E-state index is 0.229. The number of aryl methyl sites for hydroxylation is 1. The molecule has 108 valence electrons. The molecule has 0 saturated heterocycles. The normalized spacial score (nSPS) is 11.6. The molecule has 0 bridgehead atoms. The largest absolute Gasteiger partial charge is 0.481 e. The molecule has 0 saturated carbocycles. The third-order valence-electron chi connectivity index (χ3n) is 4.43. The second-order valence-electron chi connectivity index (χ2n) is 5.84. The molecule has 0 spiro atoms. The summed E-state index contributed by atoms with van der Waals surface area (Å²) in [5.41, 5.74) is 6.38. The molecule has 0 radical (unpaired) electrons. The van der Waals surface area contributed by atoms with Gasteiger partial charge in [0.1, 0.15) is 0 Å². The molecule has 0 amide bonds. The highest BCUT2D eigenvalue weighted by Crippen LogP contribution is 2.47. The summed E-state index contributed by atoms with van der Waals surface area (Å²) in [6, 6.07) is 19.4. The molecule has 0 heterocycles. The Morgan fingerprint density at radius 1 is 0.864 bits per heavy atom. The van der Waals surface area contributed by atoms with Crippen LogP contribution in [0.1, 0.15) is 18.4 Å². The summed E-state index contributed by atoms with van der Waals surface area (Å²) in [5.74, 6) is -0.724. The van der Waals surface area contributed by atoms with Crippen LogP contribution in [0.25, 0.3) is 33.0 Å². The molecular weight excluding hydrogens is 272 g/mol. The number of carboxylic acids is 1. The summed E-state index contributed by atoms with van der Waals surface area (Å²) in [6.07, 6.45) is 1.73. The Bertz CT molecular complexity index is 888. The third kappa shape index (κ3) is 2.00. The van der Waals surface area contributed by atoms with Gasteiger partial charge in [0, 0.05) is 6.42 Å². The molecule has 22 heavy (non-hydrogen) atoms. The van der Waals surface area contributed by atoms with Gasteiger partial charge in [-0.2, -0.15) is 0 Å². The van der Waals surface area contributed by atoms with E-state index in [1.165, 1.54) is 38.6 Å². The quantitative estimate of drug-likeness (QED) is 0.580. The Kier molecular flexibility index (Phi) is 2.97. The molecule has 3 aromatic rings. The van der Waals surface area contributed by atoms with Crippen LogP contribution in [-0.2, 0) is 11.2 Å². The highest BCUT2D eigenvalue weighted by atomic mass is 16.4. The fourth-order valence-corrected chi connectivity index (χ4v) is 3.44. The smallest absolute Gasteiger partial charge is 0.303 e. The zero-order chi connectivity index (χ0) is 15.1. The Labute approximate surface area is 129 Å². The molecule has 0 unspecified atom stereocenters. The van der Waals surface area contributed by atoms with Crippen molar-refractivity contribution >= 4 is 16.7 Å². The molecule has 1 aliphatic carbocycles. The Balaban J connectivity index is 1.77. The molecule has 0 fully saturated rings. The van der Waals surface area contributed by atoms with E-state index in [2.05, 4.69) is 54.6 Å². The van der Waals surface area contributed by atoms with Crippen LogP contribution in [0.15, 0.2) is 54.6 Å². The standard InChI is InChI=1S/C20H16O2/c21-19(22)9-1-4-13-10-11-15-16-7-2-5-14-6-3-8-17(20(14)16)18(15)12-13/h2-3,5-8,10-12H,1,4,9H2,(H,21,22). The average molecular weight is 288 g/mol. The Morgan fingerprint density at radius 3 is 2.32 bits per heavy atom. The van der Waals surface area contributed by atoms with Crippen molar-refractivity contribution in [1.82, 2.24) is 0 Å². The van der Waals surface area contributed by atoms with E-state index in [9.17, 15) is 4.79 Å². The number of benzene rings is 3.